The molecule has 1 N–H and O–H groups in total. The summed E-state index contributed by atoms with van der Waals surface area (Å²) in [5.41, 5.74) is 0.451. The van der Waals surface area contributed by atoms with E-state index in [0.717, 1.165) is 18.6 Å². The number of benzene rings is 1. The predicted octanol–water partition coefficient (Wildman–Crippen LogP) is 3.51. The molecular formula is C15H13F2NO3. The molecule has 0 aliphatic heterocycles. The van der Waals surface area contributed by atoms with Crippen molar-refractivity contribution in [3.8, 4) is 17.0 Å². The number of carboxylic acids is 1. The zero-order valence-electron chi connectivity index (χ0n) is 11.3. The summed E-state index contributed by atoms with van der Waals surface area (Å²) < 4.78 is 31.4. The van der Waals surface area contributed by atoms with Crippen LogP contribution in [0.25, 0.3) is 11.3 Å². The Morgan fingerprint density at radius 2 is 2.05 bits per heavy atom. The van der Waals surface area contributed by atoms with Crippen LogP contribution in [0.1, 0.15) is 23.7 Å². The lowest BCUT2D eigenvalue weighted by Crippen LogP contribution is -2.05. The van der Waals surface area contributed by atoms with Crippen molar-refractivity contribution in [2.24, 2.45) is 0 Å². The second kappa shape index (κ2) is 6.30. The lowest BCUT2D eigenvalue weighted by atomic mass is 10.1. The van der Waals surface area contributed by atoms with Crippen molar-refractivity contribution in [2.75, 3.05) is 6.61 Å². The van der Waals surface area contributed by atoms with Gasteiger partial charge in [0.1, 0.15) is 5.56 Å². The number of hydrogen-bond acceptors (Lipinski definition) is 3. The fourth-order valence-electron chi connectivity index (χ4n) is 1.75. The highest BCUT2D eigenvalue weighted by Gasteiger charge is 2.15. The van der Waals surface area contributed by atoms with Crippen molar-refractivity contribution in [1.29, 1.82) is 0 Å². The van der Waals surface area contributed by atoms with Gasteiger partial charge in [-0.15, -0.1) is 0 Å². The molecule has 0 atom stereocenters. The number of rotatable bonds is 5. The highest BCUT2D eigenvalue weighted by atomic mass is 19.2. The SMILES string of the molecule is CCCOc1cnc(-c2ccc(F)c(F)c2)cc1C(=O)O. The van der Waals surface area contributed by atoms with E-state index in [1.54, 1.807) is 0 Å². The Kier molecular flexibility index (Phi) is 4.47. The Hall–Kier alpha value is -2.50. The fraction of sp³-hybridized carbons (Fsp3) is 0.200. The van der Waals surface area contributed by atoms with E-state index in [4.69, 9.17) is 4.74 Å². The molecule has 0 fully saturated rings. The van der Waals surface area contributed by atoms with Gasteiger partial charge in [-0.2, -0.15) is 0 Å². The molecule has 1 heterocycles. The molecule has 1 aromatic carbocycles. The Labute approximate surface area is 120 Å². The molecule has 0 saturated carbocycles. The van der Waals surface area contributed by atoms with Gasteiger partial charge >= 0.3 is 5.97 Å². The topological polar surface area (TPSA) is 59.4 Å². The van der Waals surface area contributed by atoms with Crippen molar-refractivity contribution >= 4 is 5.97 Å². The maximum atomic E-state index is 13.2. The maximum absolute atomic E-state index is 13.2. The summed E-state index contributed by atoms with van der Waals surface area (Å²) in [6.45, 7) is 2.26. The van der Waals surface area contributed by atoms with Crippen LogP contribution in [0.5, 0.6) is 5.75 Å². The van der Waals surface area contributed by atoms with Gasteiger partial charge in [-0.25, -0.2) is 13.6 Å². The first kappa shape index (κ1) is 14.9. The standard InChI is InChI=1S/C15H13F2NO3/c1-2-5-21-14-8-18-13(7-10(14)15(19)20)9-3-4-11(16)12(17)6-9/h3-4,6-8H,2,5H2,1H3,(H,19,20). The van der Waals surface area contributed by atoms with Gasteiger partial charge in [0.05, 0.1) is 18.5 Å². The van der Waals surface area contributed by atoms with Crippen LogP contribution < -0.4 is 4.74 Å². The van der Waals surface area contributed by atoms with Gasteiger partial charge < -0.3 is 9.84 Å². The average Bonchev–Trinajstić information content (AvgIpc) is 2.47. The monoisotopic (exact) mass is 293 g/mol. The van der Waals surface area contributed by atoms with Gasteiger partial charge in [0.25, 0.3) is 0 Å². The van der Waals surface area contributed by atoms with E-state index in [1.807, 2.05) is 6.92 Å². The van der Waals surface area contributed by atoms with Crippen LogP contribution in [0.3, 0.4) is 0 Å². The zero-order chi connectivity index (χ0) is 15.4. The number of ether oxygens (including phenoxy) is 1. The van der Waals surface area contributed by atoms with Crippen molar-refractivity contribution in [3.05, 3.63) is 47.7 Å². The average molecular weight is 293 g/mol. The third-order valence-electron chi connectivity index (χ3n) is 2.77. The first-order chi connectivity index (χ1) is 10.0. The molecule has 0 aliphatic rings. The van der Waals surface area contributed by atoms with Gasteiger partial charge in [-0.05, 0) is 30.7 Å². The van der Waals surface area contributed by atoms with Crippen LogP contribution in [0.2, 0.25) is 0 Å². The van der Waals surface area contributed by atoms with Crippen LogP contribution >= 0.6 is 0 Å². The predicted molar refractivity (Wildman–Crippen MR) is 72.3 cm³/mol. The molecule has 0 saturated heterocycles. The molecule has 0 amide bonds. The number of hydrogen-bond donors (Lipinski definition) is 1. The summed E-state index contributed by atoms with van der Waals surface area (Å²) in [4.78, 5) is 15.3. The van der Waals surface area contributed by atoms with E-state index in [0.29, 0.717) is 12.2 Å². The zero-order valence-corrected chi connectivity index (χ0v) is 11.3. The molecule has 6 heteroatoms. The van der Waals surface area contributed by atoms with Gasteiger partial charge in [0.15, 0.2) is 17.4 Å². The normalized spacial score (nSPS) is 10.4. The summed E-state index contributed by atoms with van der Waals surface area (Å²) in [7, 11) is 0. The van der Waals surface area contributed by atoms with E-state index in [9.17, 15) is 18.7 Å². The van der Waals surface area contributed by atoms with Crippen LogP contribution in [0.4, 0.5) is 8.78 Å². The highest BCUT2D eigenvalue weighted by Crippen LogP contribution is 2.25. The Morgan fingerprint density at radius 1 is 1.29 bits per heavy atom. The molecule has 1 aromatic heterocycles. The van der Waals surface area contributed by atoms with Crippen LogP contribution in [0.15, 0.2) is 30.5 Å². The number of halogens is 2. The number of carboxylic acid groups (broad SMARTS) is 1. The molecule has 0 bridgehead atoms. The Morgan fingerprint density at radius 3 is 2.67 bits per heavy atom. The number of carbonyl (C=O) groups is 1. The lowest BCUT2D eigenvalue weighted by molar-refractivity contribution is 0.0692. The third kappa shape index (κ3) is 3.34. The molecular weight excluding hydrogens is 280 g/mol. The Bertz CT molecular complexity index is 674. The summed E-state index contributed by atoms with van der Waals surface area (Å²) in [5.74, 6) is -3.01. The molecule has 2 aromatic rings. The molecule has 0 unspecified atom stereocenters. The number of aromatic carboxylic acids is 1. The number of aromatic nitrogens is 1. The number of nitrogens with zero attached hydrogens (tertiary/aromatic N) is 1. The van der Waals surface area contributed by atoms with E-state index in [2.05, 4.69) is 4.98 Å². The molecule has 0 aliphatic carbocycles. The molecule has 2 rings (SSSR count). The minimum absolute atomic E-state index is 0.0711. The third-order valence-corrected chi connectivity index (χ3v) is 2.77. The molecule has 0 radical (unpaired) electrons. The van der Waals surface area contributed by atoms with Crippen molar-refractivity contribution < 1.29 is 23.4 Å². The van der Waals surface area contributed by atoms with Crippen molar-refractivity contribution in [1.82, 2.24) is 4.98 Å². The largest absolute Gasteiger partial charge is 0.491 e. The summed E-state index contributed by atoms with van der Waals surface area (Å²) in [6.07, 6.45) is 2.00. The molecule has 110 valence electrons. The highest BCUT2D eigenvalue weighted by molar-refractivity contribution is 5.92. The lowest BCUT2D eigenvalue weighted by Gasteiger charge is -2.09. The smallest absolute Gasteiger partial charge is 0.339 e. The van der Waals surface area contributed by atoms with Gasteiger partial charge in [-0.3, -0.25) is 4.98 Å². The first-order valence-electron chi connectivity index (χ1n) is 6.34. The van der Waals surface area contributed by atoms with E-state index in [-0.39, 0.29) is 17.0 Å². The minimum atomic E-state index is -1.17. The first-order valence-corrected chi connectivity index (χ1v) is 6.34. The maximum Gasteiger partial charge on any atom is 0.339 e. The van der Waals surface area contributed by atoms with Crippen molar-refractivity contribution in [3.63, 3.8) is 0 Å². The molecule has 21 heavy (non-hydrogen) atoms. The van der Waals surface area contributed by atoms with E-state index < -0.39 is 17.6 Å². The van der Waals surface area contributed by atoms with Gasteiger partial charge in [0, 0.05) is 5.56 Å². The summed E-state index contributed by atoms with van der Waals surface area (Å²) in [5, 5.41) is 9.19. The van der Waals surface area contributed by atoms with Crippen LogP contribution in [-0.2, 0) is 0 Å². The van der Waals surface area contributed by atoms with Gasteiger partial charge in [0.2, 0.25) is 0 Å². The second-order valence-corrected chi connectivity index (χ2v) is 4.35. The molecule has 0 spiro atoms. The van der Waals surface area contributed by atoms with Crippen molar-refractivity contribution in [2.45, 2.75) is 13.3 Å². The second-order valence-electron chi connectivity index (χ2n) is 4.35. The Balaban J connectivity index is 2.43. The van der Waals surface area contributed by atoms with Crippen LogP contribution in [-0.4, -0.2) is 22.7 Å². The van der Waals surface area contributed by atoms with Gasteiger partial charge in [-0.1, -0.05) is 6.92 Å². The summed E-state index contributed by atoms with van der Waals surface area (Å²) >= 11 is 0. The fourth-order valence-corrected chi connectivity index (χ4v) is 1.75. The van der Waals surface area contributed by atoms with E-state index in [1.165, 1.54) is 18.3 Å². The van der Waals surface area contributed by atoms with Crippen LogP contribution in [0, 0.1) is 11.6 Å². The number of pyridine rings is 1. The molecule has 4 nitrogen and oxygen atoms in total. The van der Waals surface area contributed by atoms with E-state index >= 15 is 0 Å². The summed E-state index contributed by atoms with van der Waals surface area (Å²) in [6, 6.07) is 4.54. The minimum Gasteiger partial charge on any atom is -0.491 e. The quantitative estimate of drug-likeness (QED) is 0.916.